The Morgan fingerprint density at radius 2 is 2.04 bits per heavy atom. The van der Waals surface area contributed by atoms with Gasteiger partial charge in [-0.15, -0.1) is 10.2 Å². The molecule has 1 N–H and O–H groups in total. The van der Waals surface area contributed by atoms with Gasteiger partial charge in [-0.25, -0.2) is 4.39 Å². The number of aliphatic hydroxyl groups excluding tert-OH is 1. The number of anilines is 1. The third-order valence-electron chi connectivity index (χ3n) is 3.93. The van der Waals surface area contributed by atoms with Crippen LogP contribution >= 0.6 is 0 Å². The molecule has 0 spiro atoms. The Kier molecular flexibility index (Phi) is 4.83. The summed E-state index contributed by atoms with van der Waals surface area (Å²) in [6, 6.07) is 10.1. The monoisotopic (exact) mass is 317 g/mol. The molecule has 23 heavy (non-hydrogen) atoms. The lowest BCUT2D eigenvalue weighted by molar-refractivity contribution is 0.0717. The third-order valence-corrected chi connectivity index (χ3v) is 3.93. The first kappa shape index (κ1) is 15.8. The fourth-order valence-corrected chi connectivity index (χ4v) is 2.80. The van der Waals surface area contributed by atoms with E-state index < -0.39 is 6.10 Å². The molecule has 1 saturated heterocycles. The summed E-state index contributed by atoms with van der Waals surface area (Å²) >= 11 is 0. The van der Waals surface area contributed by atoms with E-state index in [2.05, 4.69) is 15.1 Å². The van der Waals surface area contributed by atoms with Crippen molar-refractivity contribution in [3.63, 3.8) is 0 Å². The van der Waals surface area contributed by atoms with Crippen LogP contribution in [0.3, 0.4) is 0 Å². The molecule has 1 aliphatic heterocycles. The van der Waals surface area contributed by atoms with E-state index in [-0.39, 0.29) is 11.9 Å². The number of hydrogen-bond donors (Lipinski definition) is 1. The number of aromatic nitrogens is 2. The van der Waals surface area contributed by atoms with Gasteiger partial charge in [-0.1, -0.05) is 0 Å². The molecular weight excluding hydrogens is 297 g/mol. The highest BCUT2D eigenvalue weighted by molar-refractivity contribution is 5.59. The van der Waals surface area contributed by atoms with Crippen molar-refractivity contribution in [2.75, 3.05) is 24.7 Å². The van der Waals surface area contributed by atoms with Gasteiger partial charge in [0.15, 0.2) is 5.82 Å². The Bertz CT molecular complexity index is 631. The second-order valence-electron chi connectivity index (χ2n) is 5.79. The number of halogens is 1. The first-order chi connectivity index (χ1) is 11.1. The molecular formula is C17H20FN3O2. The Balaban J connectivity index is 1.78. The zero-order valence-corrected chi connectivity index (χ0v) is 13.0. The standard InChI is InChI=1S/C17H20FN3O2/c1-12(22)10-15-11-23-9-8-21(15)17-7-6-16(19-20-17)13-2-4-14(18)5-3-13/h2-7,12,15,22H,8-11H2,1H3. The number of rotatable bonds is 4. The summed E-state index contributed by atoms with van der Waals surface area (Å²) in [5.41, 5.74) is 1.53. The Hall–Kier alpha value is -2.05. The van der Waals surface area contributed by atoms with E-state index in [1.54, 1.807) is 19.1 Å². The highest BCUT2D eigenvalue weighted by Crippen LogP contribution is 2.22. The topological polar surface area (TPSA) is 58.5 Å². The summed E-state index contributed by atoms with van der Waals surface area (Å²) in [5.74, 6) is 0.498. The third kappa shape index (κ3) is 3.83. The van der Waals surface area contributed by atoms with Gasteiger partial charge in [0.2, 0.25) is 0 Å². The van der Waals surface area contributed by atoms with Crippen molar-refractivity contribution in [2.24, 2.45) is 0 Å². The van der Waals surface area contributed by atoms with Crippen LogP contribution in [0.25, 0.3) is 11.3 Å². The molecule has 1 aliphatic rings. The van der Waals surface area contributed by atoms with Gasteiger partial charge in [-0.2, -0.15) is 0 Å². The molecule has 1 aromatic heterocycles. The van der Waals surface area contributed by atoms with Crippen molar-refractivity contribution in [1.82, 2.24) is 10.2 Å². The van der Waals surface area contributed by atoms with E-state index in [0.29, 0.717) is 25.3 Å². The van der Waals surface area contributed by atoms with Gasteiger partial charge >= 0.3 is 0 Å². The number of nitrogens with zero attached hydrogens (tertiary/aromatic N) is 3. The van der Waals surface area contributed by atoms with E-state index in [1.807, 2.05) is 12.1 Å². The molecule has 122 valence electrons. The summed E-state index contributed by atoms with van der Waals surface area (Å²) in [4.78, 5) is 2.12. The first-order valence-electron chi connectivity index (χ1n) is 7.75. The maximum Gasteiger partial charge on any atom is 0.151 e. The molecule has 0 aliphatic carbocycles. The van der Waals surface area contributed by atoms with E-state index in [1.165, 1.54) is 12.1 Å². The molecule has 0 amide bonds. The summed E-state index contributed by atoms with van der Waals surface area (Å²) in [7, 11) is 0. The minimum Gasteiger partial charge on any atom is -0.393 e. The average Bonchev–Trinajstić information content (AvgIpc) is 2.56. The Morgan fingerprint density at radius 3 is 2.70 bits per heavy atom. The predicted octanol–water partition coefficient (Wildman–Crippen LogP) is 2.26. The molecule has 2 atom stereocenters. The van der Waals surface area contributed by atoms with E-state index in [9.17, 15) is 9.50 Å². The minimum absolute atomic E-state index is 0.0923. The van der Waals surface area contributed by atoms with Crippen molar-refractivity contribution in [3.05, 3.63) is 42.2 Å². The van der Waals surface area contributed by atoms with Crippen LogP contribution in [0.4, 0.5) is 10.2 Å². The van der Waals surface area contributed by atoms with Gasteiger partial charge in [-0.3, -0.25) is 0 Å². The number of ether oxygens (including phenoxy) is 1. The largest absolute Gasteiger partial charge is 0.393 e. The van der Waals surface area contributed by atoms with Gasteiger partial charge in [-0.05, 0) is 49.7 Å². The van der Waals surface area contributed by atoms with Crippen LogP contribution in [0, 0.1) is 5.82 Å². The molecule has 0 radical (unpaired) electrons. The highest BCUT2D eigenvalue weighted by Gasteiger charge is 2.25. The smallest absolute Gasteiger partial charge is 0.151 e. The molecule has 3 rings (SSSR count). The van der Waals surface area contributed by atoms with Gasteiger partial charge in [0, 0.05) is 12.1 Å². The lowest BCUT2D eigenvalue weighted by Crippen LogP contribution is -2.47. The normalized spacial score (nSPS) is 19.6. The Labute approximate surface area is 134 Å². The maximum absolute atomic E-state index is 13.0. The first-order valence-corrected chi connectivity index (χ1v) is 7.75. The van der Waals surface area contributed by atoms with Crippen LogP contribution in [-0.2, 0) is 4.74 Å². The van der Waals surface area contributed by atoms with Gasteiger partial charge in [0.1, 0.15) is 5.82 Å². The van der Waals surface area contributed by atoms with Crippen LogP contribution in [0.15, 0.2) is 36.4 Å². The molecule has 2 aromatic rings. The fraction of sp³-hybridized carbons (Fsp3) is 0.412. The van der Waals surface area contributed by atoms with Crippen LogP contribution in [0.1, 0.15) is 13.3 Å². The highest BCUT2D eigenvalue weighted by atomic mass is 19.1. The second-order valence-corrected chi connectivity index (χ2v) is 5.79. The zero-order valence-electron chi connectivity index (χ0n) is 13.0. The number of aliphatic hydroxyl groups is 1. The van der Waals surface area contributed by atoms with Crippen molar-refractivity contribution in [1.29, 1.82) is 0 Å². The van der Waals surface area contributed by atoms with Crippen molar-refractivity contribution < 1.29 is 14.2 Å². The zero-order chi connectivity index (χ0) is 16.2. The predicted molar refractivity (Wildman–Crippen MR) is 85.7 cm³/mol. The van der Waals surface area contributed by atoms with E-state index in [4.69, 9.17) is 4.74 Å². The molecule has 6 heteroatoms. The maximum atomic E-state index is 13.0. The van der Waals surface area contributed by atoms with Crippen LogP contribution < -0.4 is 4.90 Å². The van der Waals surface area contributed by atoms with Crippen LogP contribution in [0.5, 0.6) is 0 Å². The van der Waals surface area contributed by atoms with Crippen molar-refractivity contribution >= 4 is 5.82 Å². The molecule has 1 fully saturated rings. The molecule has 0 bridgehead atoms. The number of hydrogen-bond acceptors (Lipinski definition) is 5. The average molecular weight is 317 g/mol. The summed E-state index contributed by atoms with van der Waals surface area (Å²) in [6.45, 7) is 3.71. The van der Waals surface area contributed by atoms with Crippen molar-refractivity contribution in [2.45, 2.75) is 25.5 Å². The summed E-state index contributed by atoms with van der Waals surface area (Å²) < 4.78 is 18.5. The quantitative estimate of drug-likeness (QED) is 0.937. The lowest BCUT2D eigenvalue weighted by Gasteiger charge is -2.36. The fourth-order valence-electron chi connectivity index (χ4n) is 2.80. The molecule has 5 nitrogen and oxygen atoms in total. The number of morpholine rings is 1. The lowest BCUT2D eigenvalue weighted by atomic mass is 10.1. The summed E-state index contributed by atoms with van der Waals surface area (Å²) in [5, 5.41) is 18.2. The van der Waals surface area contributed by atoms with Crippen LogP contribution in [0.2, 0.25) is 0 Å². The SMILES string of the molecule is CC(O)CC1COCCN1c1ccc(-c2ccc(F)cc2)nn1. The number of benzene rings is 1. The Morgan fingerprint density at radius 1 is 1.26 bits per heavy atom. The minimum atomic E-state index is -0.393. The van der Waals surface area contributed by atoms with Gasteiger partial charge in [0.05, 0.1) is 31.1 Å². The summed E-state index contributed by atoms with van der Waals surface area (Å²) in [6.07, 6.45) is 0.233. The molecule has 1 aromatic carbocycles. The molecule has 2 unspecified atom stereocenters. The molecule has 2 heterocycles. The van der Waals surface area contributed by atoms with Gasteiger partial charge in [0.25, 0.3) is 0 Å². The van der Waals surface area contributed by atoms with Crippen LogP contribution in [-0.4, -0.2) is 47.2 Å². The molecule has 0 saturated carbocycles. The van der Waals surface area contributed by atoms with Crippen molar-refractivity contribution in [3.8, 4) is 11.3 Å². The van der Waals surface area contributed by atoms with Gasteiger partial charge < -0.3 is 14.7 Å². The van der Waals surface area contributed by atoms with E-state index in [0.717, 1.165) is 17.9 Å². The van der Waals surface area contributed by atoms with E-state index >= 15 is 0 Å². The second kappa shape index (κ2) is 7.02.